The molecule has 0 saturated carbocycles. The van der Waals surface area contributed by atoms with Gasteiger partial charge in [0, 0.05) is 10.0 Å². The first kappa shape index (κ1) is 19.7. The first-order chi connectivity index (χ1) is 14.6. The maximum absolute atomic E-state index is 12.2. The predicted molar refractivity (Wildman–Crippen MR) is 113 cm³/mol. The van der Waals surface area contributed by atoms with Gasteiger partial charge < -0.3 is 14.2 Å². The van der Waals surface area contributed by atoms with Gasteiger partial charge in [-0.05, 0) is 72.3 Å². The van der Waals surface area contributed by atoms with Gasteiger partial charge in [-0.15, -0.1) is 0 Å². The minimum absolute atomic E-state index is 0.146. The number of nitrogens with one attached hydrogen (secondary N) is 1. The van der Waals surface area contributed by atoms with Gasteiger partial charge in [-0.3, -0.25) is 4.79 Å². The highest BCUT2D eigenvalue weighted by atomic mass is 79.9. The number of carbonyl (C=O) groups excluding carboxylic acids is 2. The Morgan fingerprint density at radius 2 is 1.63 bits per heavy atom. The van der Waals surface area contributed by atoms with Gasteiger partial charge in [0.25, 0.3) is 5.91 Å². The molecule has 0 aromatic heterocycles. The first-order valence-electron chi connectivity index (χ1n) is 8.89. The van der Waals surface area contributed by atoms with E-state index in [1.54, 1.807) is 66.7 Å². The van der Waals surface area contributed by atoms with Crippen LogP contribution in [0.3, 0.4) is 0 Å². The molecule has 0 unspecified atom stereocenters. The van der Waals surface area contributed by atoms with Crippen LogP contribution in [0.5, 0.6) is 17.2 Å². The summed E-state index contributed by atoms with van der Waals surface area (Å²) in [4.78, 5) is 24.3. The monoisotopic (exact) mass is 466 g/mol. The number of nitrogens with zero attached hydrogens (tertiary/aromatic N) is 1. The molecule has 0 atom stereocenters. The third-order valence-electron chi connectivity index (χ3n) is 4.19. The molecule has 1 aliphatic rings. The third-order valence-corrected chi connectivity index (χ3v) is 4.71. The number of esters is 1. The summed E-state index contributed by atoms with van der Waals surface area (Å²) in [5, 5.41) is 3.95. The number of fused-ring (bicyclic) bond motifs is 1. The summed E-state index contributed by atoms with van der Waals surface area (Å²) in [7, 11) is 0. The Hall–Kier alpha value is -3.65. The Morgan fingerprint density at radius 1 is 0.933 bits per heavy atom. The van der Waals surface area contributed by atoms with Gasteiger partial charge in [-0.2, -0.15) is 5.10 Å². The second kappa shape index (κ2) is 8.79. The van der Waals surface area contributed by atoms with Gasteiger partial charge in [-0.25, -0.2) is 10.2 Å². The van der Waals surface area contributed by atoms with E-state index in [0.717, 1.165) is 10.0 Å². The summed E-state index contributed by atoms with van der Waals surface area (Å²) in [6, 6.07) is 18.6. The van der Waals surface area contributed by atoms with Crippen molar-refractivity contribution in [2.75, 3.05) is 6.79 Å². The molecule has 30 heavy (non-hydrogen) atoms. The standard InChI is InChI=1S/C22H15BrN2O5/c23-17-6-3-15(4-7-17)22(27)30-18-8-1-14(2-9-18)12-24-25-21(26)16-5-10-19-20(11-16)29-13-28-19/h1-12H,13H2,(H,25,26)/b24-12+. The number of rotatable bonds is 5. The molecule has 0 aliphatic carbocycles. The van der Waals surface area contributed by atoms with Crippen LogP contribution >= 0.6 is 15.9 Å². The van der Waals surface area contributed by atoms with Crippen molar-refractivity contribution < 1.29 is 23.8 Å². The van der Waals surface area contributed by atoms with E-state index in [4.69, 9.17) is 14.2 Å². The van der Waals surface area contributed by atoms with Crippen molar-refractivity contribution >= 4 is 34.0 Å². The molecular formula is C22H15BrN2O5. The molecule has 0 bridgehead atoms. The van der Waals surface area contributed by atoms with Crippen molar-refractivity contribution in [3.8, 4) is 17.2 Å². The maximum atomic E-state index is 12.2. The summed E-state index contributed by atoms with van der Waals surface area (Å²) in [6.07, 6.45) is 1.49. The molecule has 3 aromatic carbocycles. The summed E-state index contributed by atoms with van der Waals surface area (Å²) in [5.74, 6) is 0.727. The molecule has 0 spiro atoms. The molecule has 1 N–H and O–H groups in total. The fourth-order valence-electron chi connectivity index (χ4n) is 2.64. The minimum atomic E-state index is -0.445. The lowest BCUT2D eigenvalue weighted by Crippen LogP contribution is -2.17. The summed E-state index contributed by atoms with van der Waals surface area (Å²) in [5.41, 5.74) is 4.05. The minimum Gasteiger partial charge on any atom is -0.454 e. The van der Waals surface area contributed by atoms with Gasteiger partial charge in [-0.1, -0.05) is 15.9 Å². The number of hydrogen-bond acceptors (Lipinski definition) is 6. The van der Waals surface area contributed by atoms with Crippen LogP contribution in [-0.2, 0) is 0 Å². The maximum Gasteiger partial charge on any atom is 0.343 e. The zero-order valence-electron chi connectivity index (χ0n) is 15.5. The smallest absolute Gasteiger partial charge is 0.343 e. The van der Waals surface area contributed by atoms with Crippen LogP contribution in [0, 0.1) is 0 Å². The van der Waals surface area contributed by atoms with Crippen LogP contribution < -0.4 is 19.6 Å². The second-order valence-corrected chi connectivity index (χ2v) is 7.15. The van der Waals surface area contributed by atoms with E-state index in [0.29, 0.717) is 28.4 Å². The van der Waals surface area contributed by atoms with Crippen molar-refractivity contribution in [2.45, 2.75) is 0 Å². The average molecular weight is 467 g/mol. The highest BCUT2D eigenvalue weighted by molar-refractivity contribution is 9.10. The van der Waals surface area contributed by atoms with Crippen molar-refractivity contribution in [3.63, 3.8) is 0 Å². The molecule has 4 rings (SSSR count). The molecule has 150 valence electrons. The molecule has 0 fully saturated rings. The molecule has 0 saturated heterocycles. The Bertz CT molecular complexity index is 1110. The van der Waals surface area contributed by atoms with E-state index >= 15 is 0 Å². The number of hydrogen-bond donors (Lipinski definition) is 1. The topological polar surface area (TPSA) is 86.2 Å². The number of hydrazone groups is 1. The quantitative estimate of drug-likeness (QED) is 0.264. The van der Waals surface area contributed by atoms with E-state index < -0.39 is 5.97 Å². The van der Waals surface area contributed by atoms with Crippen LogP contribution in [0.25, 0.3) is 0 Å². The number of carbonyl (C=O) groups is 2. The fourth-order valence-corrected chi connectivity index (χ4v) is 2.91. The van der Waals surface area contributed by atoms with E-state index in [9.17, 15) is 9.59 Å². The summed E-state index contributed by atoms with van der Waals surface area (Å²) in [6.45, 7) is 0.146. The van der Waals surface area contributed by atoms with E-state index in [-0.39, 0.29) is 12.7 Å². The Balaban J connectivity index is 1.33. The zero-order chi connectivity index (χ0) is 20.9. The van der Waals surface area contributed by atoms with Gasteiger partial charge in [0.2, 0.25) is 6.79 Å². The lowest BCUT2D eigenvalue weighted by molar-refractivity contribution is 0.0734. The second-order valence-electron chi connectivity index (χ2n) is 6.23. The van der Waals surface area contributed by atoms with Crippen molar-refractivity contribution in [2.24, 2.45) is 5.10 Å². The number of ether oxygens (including phenoxy) is 3. The Kier molecular flexibility index (Phi) is 5.76. The summed E-state index contributed by atoms with van der Waals surface area (Å²) < 4.78 is 16.7. The molecule has 1 aliphatic heterocycles. The van der Waals surface area contributed by atoms with Crippen molar-refractivity contribution in [3.05, 3.63) is 87.9 Å². The highest BCUT2D eigenvalue weighted by Crippen LogP contribution is 2.32. The molecule has 8 heteroatoms. The van der Waals surface area contributed by atoms with Crippen LogP contribution in [0.2, 0.25) is 0 Å². The van der Waals surface area contributed by atoms with Crippen LogP contribution in [0.15, 0.2) is 76.3 Å². The van der Waals surface area contributed by atoms with Crippen molar-refractivity contribution in [1.82, 2.24) is 5.43 Å². The Labute approximate surface area is 180 Å². The fraction of sp³-hybridized carbons (Fsp3) is 0.0455. The van der Waals surface area contributed by atoms with Gasteiger partial charge in [0.05, 0.1) is 11.8 Å². The SMILES string of the molecule is O=C(N/N=C/c1ccc(OC(=O)c2ccc(Br)cc2)cc1)c1ccc2c(c1)OCO2. The largest absolute Gasteiger partial charge is 0.454 e. The molecule has 7 nitrogen and oxygen atoms in total. The van der Waals surface area contributed by atoms with Crippen LogP contribution in [0.1, 0.15) is 26.3 Å². The van der Waals surface area contributed by atoms with E-state index in [1.165, 1.54) is 6.21 Å². The molecule has 1 amide bonds. The van der Waals surface area contributed by atoms with Gasteiger partial charge in [0.15, 0.2) is 11.5 Å². The zero-order valence-corrected chi connectivity index (χ0v) is 17.1. The average Bonchev–Trinajstić information content (AvgIpc) is 3.23. The number of benzene rings is 3. The van der Waals surface area contributed by atoms with E-state index in [1.807, 2.05) is 0 Å². The predicted octanol–water partition coefficient (Wildman–Crippen LogP) is 4.16. The van der Waals surface area contributed by atoms with Crippen LogP contribution in [0.4, 0.5) is 0 Å². The lowest BCUT2D eigenvalue weighted by Gasteiger charge is -2.05. The molecule has 1 heterocycles. The molecular weight excluding hydrogens is 452 g/mol. The lowest BCUT2D eigenvalue weighted by atomic mass is 10.2. The number of amides is 1. The van der Waals surface area contributed by atoms with Gasteiger partial charge in [0.1, 0.15) is 5.75 Å². The normalized spacial score (nSPS) is 12.0. The van der Waals surface area contributed by atoms with Gasteiger partial charge >= 0.3 is 5.97 Å². The van der Waals surface area contributed by atoms with Crippen molar-refractivity contribution in [1.29, 1.82) is 0 Å². The first-order valence-corrected chi connectivity index (χ1v) is 9.69. The van der Waals surface area contributed by atoms with E-state index in [2.05, 4.69) is 26.5 Å². The molecule has 3 aromatic rings. The third kappa shape index (κ3) is 4.66. The van der Waals surface area contributed by atoms with Crippen LogP contribution in [-0.4, -0.2) is 24.9 Å². The summed E-state index contributed by atoms with van der Waals surface area (Å²) >= 11 is 3.32. The highest BCUT2D eigenvalue weighted by Gasteiger charge is 2.15. The molecule has 0 radical (unpaired) electrons. The Morgan fingerprint density at radius 3 is 2.40 bits per heavy atom. The number of halogens is 1.